The van der Waals surface area contributed by atoms with Gasteiger partial charge in [0.15, 0.2) is 5.96 Å². The lowest BCUT2D eigenvalue weighted by molar-refractivity contribution is -0.128. The molecule has 4 aliphatic heterocycles. The molecule has 130 valence electrons. The van der Waals surface area contributed by atoms with Crippen LogP contribution in [0.4, 0.5) is 0 Å². The average molecular weight is 434 g/mol. The largest absolute Gasteiger partial charge is 0.374 e. The molecular weight excluding hydrogens is 407 g/mol. The maximum Gasteiger partial charge on any atom is 0.241 e. The first kappa shape index (κ1) is 17.3. The summed E-state index contributed by atoms with van der Waals surface area (Å²) in [5.41, 5.74) is 0. The first-order chi connectivity index (χ1) is 10.8. The average Bonchev–Trinajstić information content (AvgIpc) is 3.27. The van der Waals surface area contributed by atoms with E-state index in [-0.39, 0.29) is 29.9 Å². The summed E-state index contributed by atoms with van der Waals surface area (Å²) < 4.78 is 6.02. The van der Waals surface area contributed by atoms with Crippen LogP contribution in [0.1, 0.15) is 25.7 Å². The number of nitrogens with zero attached hydrogens (tertiary/aromatic N) is 3. The van der Waals surface area contributed by atoms with E-state index in [1.807, 2.05) is 11.9 Å². The lowest BCUT2D eigenvalue weighted by Gasteiger charge is -2.24. The van der Waals surface area contributed by atoms with Crippen LogP contribution in [0.2, 0.25) is 0 Å². The quantitative estimate of drug-likeness (QED) is 0.399. The third kappa shape index (κ3) is 3.18. The topological polar surface area (TPSA) is 57.2 Å². The molecule has 1 N–H and O–H groups in total. The number of aliphatic imine (C=N–C) groups is 1. The molecule has 0 aromatic heterocycles. The molecule has 4 saturated heterocycles. The highest BCUT2D eigenvalue weighted by atomic mass is 127. The van der Waals surface area contributed by atoms with Gasteiger partial charge in [0, 0.05) is 45.1 Å². The number of ether oxygens (including phenoxy) is 1. The second-order valence-corrected chi connectivity index (χ2v) is 7.01. The van der Waals surface area contributed by atoms with E-state index in [1.54, 1.807) is 0 Å². The van der Waals surface area contributed by atoms with Crippen LogP contribution in [0, 0.1) is 11.8 Å². The maximum absolute atomic E-state index is 12.2. The van der Waals surface area contributed by atoms with Crippen LogP contribution >= 0.6 is 24.0 Å². The smallest absolute Gasteiger partial charge is 0.241 e. The lowest BCUT2D eigenvalue weighted by Crippen LogP contribution is -2.46. The summed E-state index contributed by atoms with van der Waals surface area (Å²) >= 11 is 0. The third-order valence-corrected chi connectivity index (χ3v) is 5.82. The molecule has 0 aromatic carbocycles. The number of rotatable bonds is 2. The number of likely N-dealkylation sites (tertiary alicyclic amines) is 2. The van der Waals surface area contributed by atoms with Gasteiger partial charge in [-0.2, -0.15) is 0 Å². The Morgan fingerprint density at radius 1 is 1.13 bits per heavy atom. The molecule has 4 heterocycles. The molecule has 7 heteroatoms. The van der Waals surface area contributed by atoms with Gasteiger partial charge in [0.1, 0.15) is 0 Å². The zero-order valence-electron chi connectivity index (χ0n) is 13.7. The standard InChI is InChI=1S/C16H26N4O2.HI/c1-17-16(18-8-15(21)19-6-2-3-7-19)20-9-11-12(10-20)14-5-4-13(11)22-14;/h11-14H,2-10H2,1H3,(H,17,18);1H. The number of amides is 1. The van der Waals surface area contributed by atoms with Crippen LogP contribution in [0.25, 0.3) is 0 Å². The van der Waals surface area contributed by atoms with Gasteiger partial charge in [-0.15, -0.1) is 24.0 Å². The van der Waals surface area contributed by atoms with E-state index in [9.17, 15) is 4.79 Å². The Hall–Kier alpha value is -0.570. The summed E-state index contributed by atoms with van der Waals surface area (Å²) in [5.74, 6) is 2.39. The predicted octanol–water partition coefficient (Wildman–Crippen LogP) is 0.911. The zero-order valence-corrected chi connectivity index (χ0v) is 16.1. The van der Waals surface area contributed by atoms with Gasteiger partial charge < -0.3 is 19.9 Å². The van der Waals surface area contributed by atoms with Crippen molar-refractivity contribution >= 4 is 35.8 Å². The van der Waals surface area contributed by atoms with Crippen LogP contribution < -0.4 is 5.32 Å². The van der Waals surface area contributed by atoms with E-state index < -0.39 is 0 Å². The van der Waals surface area contributed by atoms with Crippen LogP contribution in [-0.4, -0.2) is 73.6 Å². The van der Waals surface area contributed by atoms with Gasteiger partial charge in [0.2, 0.25) is 5.91 Å². The van der Waals surface area contributed by atoms with Crippen LogP contribution in [0.5, 0.6) is 0 Å². The predicted molar refractivity (Wildman–Crippen MR) is 99.0 cm³/mol. The first-order valence-corrected chi connectivity index (χ1v) is 8.65. The highest BCUT2D eigenvalue weighted by Gasteiger charge is 2.53. The zero-order chi connectivity index (χ0) is 15.1. The Labute approximate surface area is 155 Å². The molecule has 4 rings (SSSR count). The highest BCUT2D eigenvalue weighted by Crippen LogP contribution is 2.47. The molecule has 1 amide bonds. The van der Waals surface area contributed by atoms with Crippen molar-refractivity contribution < 1.29 is 9.53 Å². The number of hydrogen-bond acceptors (Lipinski definition) is 3. The second-order valence-electron chi connectivity index (χ2n) is 7.01. The molecule has 0 aromatic rings. The highest BCUT2D eigenvalue weighted by molar-refractivity contribution is 14.0. The van der Waals surface area contributed by atoms with Gasteiger partial charge in [-0.1, -0.05) is 0 Å². The lowest BCUT2D eigenvalue weighted by atomic mass is 9.82. The van der Waals surface area contributed by atoms with Crippen molar-refractivity contribution in [3.63, 3.8) is 0 Å². The molecule has 0 radical (unpaired) electrons. The van der Waals surface area contributed by atoms with E-state index in [2.05, 4.69) is 15.2 Å². The van der Waals surface area contributed by atoms with Gasteiger partial charge in [-0.25, -0.2) is 0 Å². The number of carbonyl (C=O) groups excluding carboxylic acids is 1. The summed E-state index contributed by atoms with van der Waals surface area (Å²) in [6.07, 6.45) is 5.64. The number of hydrogen-bond donors (Lipinski definition) is 1. The Morgan fingerprint density at radius 2 is 1.74 bits per heavy atom. The van der Waals surface area contributed by atoms with Crippen LogP contribution in [0.3, 0.4) is 0 Å². The van der Waals surface area contributed by atoms with Crippen molar-refractivity contribution in [3.05, 3.63) is 0 Å². The molecule has 6 nitrogen and oxygen atoms in total. The van der Waals surface area contributed by atoms with E-state index in [1.165, 1.54) is 12.8 Å². The minimum atomic E-state index is 0. The Morgan fingerprint density at radius 3 is 2.30 bits per heavy atom. The van der Waals surface area contributed by atoms with Gasteiger partial charge in [0.05, 0.1) is 18.8 Å². The first-order valence-electron chi connectivity index (χ1n) is 8.65. The normalized spacial score (nSPS) is 35.4. The van der Waals surface area contributed by atoms with E-state index >= 15 is 0 Å². The minimum absolute atomic E-state index is 0. The number of halogens is 1. The van der Waals surface area contributed by atoms with Crippen molar-refractivity contribution in [3.8, 4) is 0 Å². The molecule has 4 unspecified atom stereocenters. The third-order valence-electron chi connectivity index (χ3n) is 5.82. The molecule has 4 fully saturated rings. The second kappa shape index (κ2) is 7.13. The fourth-order valence-electron chi connectivity index (χ4n) is 4.70. The van der Waals surface area contributed by atoms with Crippen molar-refractivity contribution in [2.24, 2.45) is 16.8 Å². The summed E-state index contributed by atoms with van der Waals surface area (Å²) in [7, 11) is 1.81. The molecule has 2 bridgehead atoms. The van der Waals surface area contributed by atoms with Crippen molar-refractivity contribution in [2.45, 2.75) is 37.9 Å². The van der Waals surface area contributed by atoms with Gasteiger partial charge >= 0.3 is 0 Å². The summed E-state index contributed by atoms with van der Waals surface area (Å²) in [6.45, 7) is 4.22. The van der Waals surface area contributed by atoms with E-state index in [4.69, 9.17) is 4.74 Å². The SMILES string of the molecule is CN=C(NCC(=O)N1CCCC1)N1CC2C3CCC(O3)C2C1.I. The monoisotopic (exact) mass is 434 g/mol. The van der Waals surface area contributed by atoms with E-state index in [0.29, 0.717) is 30.6 Å². The number of guanidine groups is 1. The summed E-state index contributed by atoms with van der Waals surface area (Å²) in [6, 6.07) is 0. The summed E-state index contributed by atoms with van der Waals surface area (Å²) in [4.78, 5) is 20.8. The maximum atomic E-state index is 12.2. The van der Waals surface area contributed by atoms with Gasteiger partial charge in [0.25, 0.3) is 0 Å². The van der Waals surface area contributed by atoms with Crippen LogP contribution in [0.15, 0.2) is 4.99 Å². The van der Waals surface area contributed by atoms with E-state index in [0.717, 1.165) is 45.0 Å². The fraction of sp³-hybridized carbons (Fsp3) is 0.875. The molecule has 23 heavy (non-hydrogen) atoms. The number of fused-ring (bicyclic) bond motifs is 5. The molecule has 4 atom stereocenters. The summed E-state index contributed by atoms with van der Waals surface area (Å²) in [5, 5.41) is 3.27. The molecule has 0 spiro atoms. The Bertz CT molecular complexity index is 463. The Balaban J connectivity index is 0.00000156. The molecule has 4 aliphatic rings. The van der Waals surface area contributed by atoms with Gasteiger partial charge in [-0.3, -0.25) is 9.79 Å². The van der Waals surface area contributed by atoms with Gasteiger partial charge in [-0.05, 0) is 25.7 Å². The molecule has 0 aliphatic carbocycles. The minimum Gasteiger partial charge on any atom is -0.374 e. The van der Waals surface area contributed by atoms with Crippen molar-refractivity contribution in [1.29, 1.82) is 0 Å². The number of carbonyl (C=O) groups is 1. The molecule has 0 saturated carbocycles. The van der Waals surface area contributed by atoms with Crippen molar-refractivity contribution in [2.75, 3.05) is 39.8 Å². The number of nitrogens with one attached hydrogen (secondary N) is 1. The molecular formula is C16H27IN4O2. The fourth-order valence-corrected chi connectivity index (χ4v) is 4.70. The Kier molecular flexibility index (Phi) is 5.35. The van der Waals surface area contributed by atoms with Crippen molar-refractivity contribution in [1.82, 2.24) is 15.1 Å². The van der Waals surface area contributed by atoms with Crippen LogP contribution in [-0.2, 0) is 9.53 Å².